The standard InChI is InChI=1S/C14H23O5P/c1-5-18-20(16,19-6-2)10-17-14-9-12(11(3)4)7-8-13(14)15/h7-9,11,15H,5-6,10H2,1-4H3. The molecule has 0 aliphatic rings. The van der Waals surface area contributed by atoms with Gasteiger partial charge in [-0.2, -0.15) is 0 Å². The topological polar surface area (TPSA) is 65.0 Å². The average Bonchev–Trinajstić information content (AvgIpc) is 2.38. The Kier molecular flexibility index (Phi) is 6.53. The minimum atomic E-state index is -3.28. The number of phenols is 1. The number of aromatic hydroxyl groups is 1. The molecule has 6 heteroatoms. The first-order chi connectivity index (χ1) is 9.41. The van der Waals surface area contributed by atoms with E-state index in [-0.39, 0.29) is 31.1 Å². The molecule has 0 radical (unpaired) electrons. The van der Waals surface area contributed by atoms with Crippen molar-refractivity contribution in [2.75, 3.05) is 19.6 Å². The molecule has 0 unspecified atom stereocenters. The van der Waals surface area contributed by atoms with Crippen LogP contribution in [0.2, 0.25) is 0 Å². The summed E-state index contributed by atoms with van der Waals surface area (Å²) in [5.74, 6) is 0.605. The van der Waals surface area contributed by atoms with Crippen molar-refractivity contribution in [3.63, 3.8) is 0 Å². The number of benzene rings is 1. The van der Waals surface area contributed by atoms with E-state index in [1.807, 2.05) is 19.9 Å². The second-order valence-corrected chi connectivity index (χ2v) is 6.60. The highest BCUT2D eigenvalue weighted by Gasteiger charge is 2.25. The molecule has 20 heavy (non-hydrogen) atoms. The van der Waals surface area contributed by atoms with E-state index in [1.54, 1.807) is 26.0 Å². The van der Waals surface area contributed by atoms with Crippen molar-refractivity contribution in [3.05, 3.63) is 23.8 Å². The number of hydrogen-bond acceptors (Lipinski definition) is 5. The van der Waals surface area contributed by atoms with Gasteiger partial charge in [-0.15, -0.1) is 0 Å². The SMILES string of the molecule is CCOP(=O)(COc1cc(C(C)C)ccc1O)OCC. The summed E-state index contributed by atoms with van der Waals surface area (Å²) in [5.41, 5.74) is 1.03. The minimum Gasteiger partial charge on any atom is -0.504 e. The van der Waals surface area contributed by atoms with Crippen molar-refractivity contribution in [2.45, 2.75) is 33.6 Å². The van der Waals surface area contributed by atoms with Crippen LogP contribution in [0.15, 0.2) is 18.2 Å². The van der Waals surface area contributed by atoms with Gasteiger partial charge < -0.3 is 18.9 Å². The second-order valence-electron chi connectivity index (χ2n) is 4.60. The molecule has 0 aliphatic carbocycles. The zero-order valence-corrected chi connectivity index (χ0v) is 13.4. The molecule has 0 aliphatic heterocycles. The zero-order valence-electron chi connectivity index (χ0n) is 12.5. The Labute approximate surface area is 120 Å². The summed E-state index contributed by atoms with van der Waals surface area (Å²) >= 11 is 0. The molecule has 0 fully saturated rings. The van der Waals surface area contributed by atoms with E-state index in [9.17, 15) is 9.67 Å². The monoisotopic (exact) mass is 302 g/mol. The normalized spacial score (nSPS) is 11.8. The van der Waals surface area contributed by atoms with Crippen molar-refractivity contribution in [3.8, 4) is 11.5 Å². The molecule has 0 aromatic heterocycles. The molecule has 0 heterocycles. The third-order valence-corrected chi connectivity index (χ3v) is 4.43. The van der Waals surface area contributed by atoms with E-state index in [0.29, 0.717) is 5.92 Å². The van der Waals surface area contributed by atoms with Gasteiger partial charge in [0.1, 0.15) is 0 Å². The number of hydrogen-bond donors (Lipinski definition) is 1. The van der Waals surface area contributed by atoms with Gasteiger partial charge >= 0.3 is 7.60 Å². The second kappa shape index (κ2) is 7.67. The average molecular weight is 302 g/mol. The lowest BCUT2D eigenvalue weighted by atomic mass is 10.0. The first kappa shape index (κ1) is 17.0. The first-order valence-corrected chi connectivity index (χ1v) is 8.48. The van der Waals surface area contributed by atoms with Crippen molar-refractivity contribution in [1.29, 1.82) is 0 Å². The third-order valence-electron chi connectivity index (χ3n) is 2.68. The summed E-state index contributed by atoms with van der Waals surface area (Å²) in [6.07, 6.45) is -0.218. The summed E-state index contributed by atoms with van der Waals surface area (Å²) in [6.45, 7) is 8.12. The largest absolute Gasteiger partial charge is 0.504 e. The van der Waals surface area contributed by atoms with Gasteiger partial charge in [0.25, 0.3) is 0 Å². The highest BCUT2D eigenvalue weighted by molar-refractivity contribution is 7.53. The Bertz CT molecular complexity index is 463. The van der Waals surface area contributed by atoms with Crippen molar-refractivity contribution in [1.82, 2.24) is 0 Å². The van der Waals surface area contributed by atoms with Gasteiger partial charge in [-0.05, 0) is 37.5 Å². The van der Waals surface area contributed by atoms with Crippen molar-refractivity contribution in [2.24, 2.45) is 0 Å². The van der Waals surface area contributed by atoms with Crippen LogP contribution in [0.3, 0.4) is 0 Å². The van der Waals surface area contributed by atoms with E-state index in [2.05, 4.69) is 0 Å². The van der Waals surface area contributed by atoms with Crippen LogP contribution in [0.1, 0.15) is 39.2 Å². The minimum absolute atomic E-state index is 0.00828. The fourth-order valence-corrected chi connectivity index (χ4v) is 2.97. The summed E-state index contributed by atoms with van der Waals surface area (Å²) in [5, 5.41) is 9.78. The Morgan fingerprint density at radius 2 is 1.80 bits per heavy atom. The summed E-state index contributed by atoms with van der Waals surface area (Å²) < 4.78 is 28.0. The van der Waals surface area contributed by atoms with Crippen LogP contribution in [0.4, 0.5) is 0 Å². The Morgan fingerprint density at radius 1 is 1.20 bits per heavy atom. The molecule has 0 spiro atoms. The van der Waals surface area contributed by atoms with Crippen molar-refractivity contribution >= 4 is 7.60 Å². The zero-order chi connectivity index (χ0) is 15.2. The molecule has 5 nitrogen and oxygen atoms in total. The summed E-state index contributed by atoms with van der Waals surface area (Å²) in [4.78, 5) is 0. The van der Waals surface area contributed by atoms with Gasteiger partial charge in [0.2, 0.25) is 0 Å². The molecule has 1 N–H and O–H groups in total. The van der Waals surface area contributed by atoms with Crippen LogP contribution < -0.4 is 4.74 Å². The number of phenolic OH excluding ortho intramolecular Hbond substituents is 1. The van der Waals surface area contributed by atoms with E-state index in [1.165, 1.54) is 0 Å². The fraction of sp³-hybridized carbons (Fsp3) is 0.571. The molecule has 0 bridgehead atoms. The third kappa shape index (κ3) is 4.82. The van der Waals surface area contributed by atoms with Crippen LogP contribution in [0.25, 0.3) is 0 Å². The quantitative estimate of drug-likeness (QED) is 0.732. The van der Waals surface area contributed by atoms with Gasteiger partial charge in [-0.25, -0.2) is 0 Å². The smallest absolute Gasteiger partial charge is 0.367 e. The molecular formula is C14H23O5P. The predicted molar refractivity (Wildman–Crippen MR) is 78.5 cm³/mol. The lowest BCUT2D eigenvalue weighted by Gasteiger charge is -2.18. The molecule has 1 aromatic carbocycles. The maximum Gasteiger partial charge on any atom is 0.367 e. The number of ether oxygens (including phenoxy) is 1. The molecule has 0 atom stereocenters. The molecule has 0 saturated carbocycles. The van der Waals surface area contributed by atoms with Gasteiger partial charge in [-0.3, -0.25) is 4.57 Å². The number of rotatable bonds is 8. The summed E-state index contributed by atoms with van der Waals surface area (Å²) in [6, 6.07) is 5.14. The first-order valence-electron chi connectivity index (χ1n) is 6.75. The van der Waals surface area contributed by atoms with E-state index < -0.39 is 7.60 Å². The van der Waals surface area contributed by atoms with Crippen LogP contribution in [-0.2, 0) is 13.6 Å². The summed E-state index contributed by atoms with van der Waals surface area (Å²) in [7, 11) is -3.28. The Morgan fingerprint density at radius 3 is 2.30 bits per heavy atom. The lowest BCUT2D eigenvalue weighted by Crippen LogP contribution is -2.06. The van der Waals surface area contributed by atoms with Gasteiger partial charge in [-0.1, -0.05) is 19.9 Å². The van der Waals surface area contributed by atoms with E-state index in [4.69, 9.17) is 13.8 Å². The molecule has 114 valence electrons. The van der Waals surface area contributed by atoms with Crippen LogP contribution in [-0.4, -0.2) is 24.7 Å². The maximum absolute atomic E-state index is 12.3. The van der Waals surface area contributed by atoms with Crippen LogP contribution >= 0.6 is 7.60 Å². The molecular weight excluding hydrogens is 279 g/mol. The maximum atomic E-state index is 12.3. The molecule has 1 rings (SSSR count). The van der Waals surface area contributed by atoms with Crippen molar-refractivity contribution < 1.29 is 23.5 Å². The highest BCUT2D eigenvalue weighted by atomic mass is 31.2. The van der Waals surface area contributed by atoms with Crippen LogP contribution in [0.5, 0.6) is 11.5 Å². The van der Waals surface area contributed by atoms with E-state index >= 15 is 0 Å². The molecule has 0 amide bonds. The van der Waals surface area contributed by atoms with Gasteiger partial charge in [0.15, 0.2) is 17.8 Å². The van der Waals surface area contributed by atoms with E-state index in [0.717, 1.165) is 5.56 Å². The molecule has 0 saturated heterocycles. The predicted octanol–water partition coefficient (Wildman–Crippen LogP) is 4.12. The fourth-order valence-electron chi connectivity index (χ4n) is 1.66. The lowest BCUT2D eigenvalue weighted by molar-refractivity contribution is 0.195. The van der Waals surface area contributed by atoms with Crippen LogP contribution in [0, 0.1) is 0 Å². The Balaban J connectivity index is 2.82. The van der Waals surface area contributed by atoms with Gasteiger partial charge in [0, 0.05) is 0 Å². The van der Waals surface area contributed by atoms with Gasteiger partial charge in [0.05, 0.1) is 13.2 Å². The Hall–Kier alpha value is -1.03. The molecule has 1 aromatic rings. The highest BCUT2D eigenvalue weighted by Crippen LogP contribution is 2.48.